The zero-order chi connectivity index (χ0) is 45.6. The molecule has 0 fully saturated rings. The molecule has 12 rings (SSSR count). The Morgan fingerprint density at radius 1 is 0.574 bits per heavy atom. The second-order valence-electron chi connectivity index (χ2n) is 18.1. The lowest BCUT2D eigenvalue weighted by molar-refractivity contribution is 0.744. The second kappa shape index (κ2) is 17.5. The largest absolute Gasteiger partial charge is 0.333 e. The van der Waals surface area contributed by atoms with Gasteiger partial charge in [-0.25, -0.2) is 9.97 Å². The molecule has 0 saturated heterocycles. The summed E-state index contributed by atoms with van der Waals surface area (Å²) in [5.41, 5.74) is 18.4. The molecule has 4 nitrogen and oxygen atoms in total. The summed E-state index contributed by atoms with van der Waals surface area (Å²) in [6.07, 6.45) is 18.8. The van der Waals surface area contributed by atoms with Crippen LogP contribution in [-0.4, -0.2) is 20.6 Å². The highest BCUT2D eigenvalue weighted by Gasteiger charge is 2.38. The van der Waals surface area contributed by atoms with Crippen LogP contribution in [0.4, 0.5) is 11.4 Å². The topological polar surface area (TPSA) is 34.0 Å². The fourth-order valence-corrected chi connectivity index (χ4v) is 10.8. The lowest BCUT2D eigenvalue weighted by Crippen LogP contribution is -2.28. The number of para-hydroxylation sites is 1. The molecule has 3 unspecified atom stereocenters. The number of aromatic nitrogens is 3. The fourth-order valence-electron chi connectivity index (χ4n) is 10.8. The van der Waals surface area contributed by atoms with Gasteiger partial charge >= 0.3 is 0 Å². The molecule has 1 aliphatic heterocycles. The summed E-state index contributed by atoms with van der Waals surface area (Å²) in [6.45, 7) is 4.39. The smallest absolute Gasteiger partial charge is 0.156 e. The summed E-state index contributed by atoms with van der Waals surface area (Å²) >= 11 is 0. The Kier molecular flexibility index (Phi) is 10.6. The van der Waals surface area contributed by atoms with Crippen LogP contribution in [0.1, 0.15) is 43.1 Å². The van der Waals surface area contributed by atoms with Crippen molar-refractivity contribution < 1.29 is 0 Å². The number of rotatable bonds is 9. The van der Waals surface area contributed by atoms with Gasteiger partial charge in [-0.3, -0.25) is 0 Å². The van der Waals surface area contributed by atoms with Crippen LogP contribution in [0, 0.1) is 5.92 Å². The summed E-state index contributed by atoms with van der Waals surface area (Å²) in [6, 6.07) is 68.1. The Hall–Kier alpha value is -8.34. The van der Waals surface area contributed by atoms with Gasteiger partial charge in [-0.15, -0.1) is 0 Å². The first kappa shape index (κ1) is 41.1. The van der Waals surface area contributed by atoms with Crippen LogP contribution >= 0.6 is 0 Å². The van der Waals surface area contributed by atoms with Gasteiger partial charge in [0.1, 0.15) is 0 Å². The molecule has 2 aliphatic carbocycles. The predicted octanol–water partition coefficient (Wildman–Crippen LogP) is 16.3. The molecule has 326 valence electrons. The van der Waals surface area contributed by atoms with Crippen molar-refractivity contribution in [1.82, 2.24) is 14.5 Å². The normalized spacial score (nSPS) is 17.9. The van der Waals surface area contributed by atoms with E-state index in [2.05, 4.69) is 260 Å². The van der Waals surface area contributed by atoms with Crippen molar-refractivity contribution in [1.29, 1.82) is 0 Å². The van der Waals surface area contributed by atoms with E-state index in [0.29, 0.717) is 6.42 Å². The molecule has 3 atom stereocenters. The third-order valence-electron chi connectivity index (χ3n) is 14.0. The quantitative estimate of drug-likeness (QED) is 0.136. The van der Waals surface area contributed by atoms with Crippen LogP contribution in [-0.2, 0) is 0 Å². The molecular formula is C64H50N4. The van der Waals surface area contributed by atoms with Crippen LogP contribution in [0.15, 0.2) is 242 Å². The molecule has 0 amide bonds. The maximum Gasteiger partial charge on any atom is 0.156 e. The second-order valence-corrected chi connectivity index (χ2v) is 18.1. The Morgan fingerprint density at radius 3 is 1.90 bits per heavy atom. The van der Waals surface area contributed by atoms with Crippen molar-refractivity contribution >= 4 is 50.0 Å². The summed E-state index contributed by atoms with van der Waals surface area (Å²) in [5.74, 6) is 0.995. The minimum Gasteiger partial charge on any atom is -0.333 e. The Balaban J connectivity index is 1.15. The standard InChI is InChI=1S/C64H50N4/c1-3-4-21-43(2)54-39-49(64-65-57(46-26-13-7-14-27-46)42-58(66-64)47-28-15-8-16-29-47)40-55(45-24-11-6-12-25-45)63(54)68-61-37-34-48(44-22-9-5-10-23-44)38-56(61)53-36-35-50(41-62(53)68)67-59-32-19-17-30-51(59)52-31-18-20-33-60(52)67/h3-38,40-42,51,54,59H,39H2,1-2H3/b4-3-,43-21+. The van der Waals surface area contributed by atoms with Crippen LogP contribution in [0.3, 0.4) is 0 Å². The number of nitrogens with zero attached hydrogens (tertiary/aromatic N) is 4. The highest BCUT2D eigenvalue weighted by atomic mass is 15.2. The van der Waals surface area contributed by atoms with Crippen LogP contribution in [0.5, 0.6) is 0 Å². The number of benzene rings is 7. The van der Waals surface area contributed by atoms with Crippen LogP contribution in [0.2, 0.25) is 0 Å². The maximum atomic E-state index is 5.41. The van der Waals surface area contributed by atoms with Crippen molar-refractivity contribution in [2.75, 3.05) is 4.90 Å². The van der Waals surface area contributed by atoms with Gasteiger partial charge in [0.15, 0.2) is 5.82 Å². The van der Waals surface area contributed by atoms with E-state index in [1.54, 1.807) is 0 Å². The molecule has 4 heteroatoms. The molecule has 3 aliphatic rings. The molecular weight excluding hydrogens is 825 g/mol. The highest BCUT2D eigenvalue weighted by molar-refractivity contribution is 6.14. The van der Waals surface area contributed by atoms with E-state index in [9.17, 15) is 0 Å². The van der Waals surface area contributed by atoms with Gasteiger partial charge in [0.25, 0.3) is 0 Å². The van der Waals surface area contributed by atoms with Crippen molar-refractivity contribution in [3.63, 3.8) is 0 Å². The number of hydrogen-bond acceptors (Lipinski definition) is 3. The number of hydrogen-bond donors (Lipinski definition) is 0. The first-order valence-electron chi connectivity index (χ1n) is 23.8. The lowest BCUT2D eigenvalue weighted by atomic mass is 9.80. The summed E-state index contributed by atoms with van der Waals surface area (Å²) in [5, 5.41) is 2.45. The van der Waals surface area contributed by atoms with E-state index in [0.717, 1.165) is 45.0 Å². The van der Waals surface area contributed by atoms with E-state index in [1.165, 1.54) is 61.1 Å². The molecule has 0 bridgehead atoms. The van der Waals surface area contributed by atoms with E-state index in [4.69, 9.17) is 9.97 Å². The third kappa shape index (κ3) is 7.26. The Labute approximate surface area is 398 Å². The monoisotopic (exact) mass is 874 g/mol. The molecule has 0 spiro atoms. The minimum atomic E-state index is -0.0369. The van der Waals surface area contributed by atoms with Crippen molar-refractivity contribution in [3.05, 3.63) is 259 Å². The highest BCUT2D eigenvalue weighted by Crippen LogP contribution is 2.51. The zero-order valence-electron chi connectivity index (χ0n) is 38.2. The molecule has 7 aromatic carbocycles. The van der Waals surface area contributed by atoms with Crippen molar-refractivity contribution in [2.45, 2.75) is 32.2 Å². The zero-order valence-corrected chi connectivity index (χ0v) is 38.2. The minimum absolute atomic E-state index is 0.0369. The first-order valence-corrected chi connectivity index (χ1v) is 23.8. The average molecular weight is 875 g/mol. The molecule has 9 aromatic rings. The Morgan fingerprint density at radius 2 is 1.21 bits per heavy atom. The fraction of sp³-hybridized carbons (Fsp3) is 0.0938. The van der Waals surface area contributed by atoms with Crippen molar-refractivity contribution in [2.24, 2.45) is 5.92 Å². The van der Waals surface area contributed by atoms with Crippen LogP contribution < -0.4 is 4.90 Å². The molecule has 0 saturated carbocycles. The molecule has 0 N–H and O–H groups in total. The third-order valence-corrected chi connectivity index (χ3v) is 14.0. The van der Waals surface area contributed by atoms with Gasteiger partial charge < -0.3 is 9.47 Å². The summed E-state index contributed by atoms with van der Waals surface area (Å²) in [7, 11) is 0. The predicted molar refractivity (Wildman–Crippen MR) is 285 cm³/mol. The lowest BCUT2D eigenvalue weighted by Gasteiger charge is -2.32. The van der Waals surface area contributed by atoms with Crippen molar-refractivity contribution in [3.8, 4) is 33.6 Å². The summed E-state index contributed by atoms with van der Waals surface area (Å²) in [4.78, 5) is 13.4. The van der Waals surface area contributed by atoms with E-state index in [-0.39, 0.29) is 17.9 Å². The van der Waals surface area contributed by atoms with Gasteiger partial charge in [0.05, 0.1) is 28.5 Å². The molecule has 3 heterocycles. The first-order chi connectivity index (χ1) is 33.6. The van der Waals surface area contributed by atoms with Gasteiger partial charge in [-0.2, -0.15) is 0 Å². The van der Waals surface area contributed by atoms with Gasteiger partial charge in [-0.1, -0.05) is 200 Å². The van der Waals surface area contributed by atoms with E-state index in [1.807, 2.05) is 0 Å². The molecule has 2 aromatic heterocycles. The van der Waals surface area contributed by atoms with Gasteiger partial charge in [0, 0.05) is 56.4 Å². The Bertz CT molecular complexity index is 3500. The maximum absolute atomic E-state index is 5.41. The summed E-state index contributed by atoms with van der Waals surface area (Å²) < 4.78 is 2.60. The average Bonchev–Trinajstić information content (AvgIpc) is 3.92. The van der Waals surface area contributed by atoms with E-state index < -0.39 is 0 Å². The van der Waals surface area contributed by atoms with E-state index >= 15 is 0 Å². The molecule has 68 heavy (non-hydrogen) atoms. The van der Waals surface area contributed by atoms with Gasteiger partial charge in [-0.05, 0) is 90.6 Å². The van der Waals surface area contributed by atoms with Gasteiger partial charge in [0.2, 0.25) is 0 Å². The molecule has 0 radical (unpaired) electrons. The number of fused-ring (bicyclic) bond motifs is 6. The SMILES string of the molecule is C/C=C\C=C(/C)C1CC(c2nc(-c3ccccc3)cc(-c3ccccc3)n2)=CC(c2ccccc2)=C1n1c2ccc(-c3ccccc3)cc2c2ccc(N3c4ccccc4C4C=CC=CC43)cc21. The number of anilines is 2. The van der Waals surface area contributed by atoms with Crippen LogP contribution in [0.25, 0.3) is 72.3 Å². The number of allylic oxidation sites excluding steroid dienone is 10.